The summed E-state index contributed by atoms with van der Waals surface area (Å²) in [6, 6.07) is 0. The Balaban J connectivity index is 2.66. The van der Waals surface area contributed by atoms with Gasteiger partial charge >= 0.3 is 5.97 Å². The van der Waals surface area contributed by atoms with Gasteiger partial charge in [-0.05, 0) is 0 Å². The maximum atomic E-state index is 11.8. The van der Waals surface area contributed by atoms with Crippen molar-refractivity contribution in [3.05, 3.63) is 17.5 Å². The lowest BCUT2D eigenvalue weighted by molar-refractivity contribution is -0.137. The molecule has 0 aliphatic heterocycles. The Bertz CT molecular complexity index is 386. The number of rotatable bonds is 5. The minimum Gasteiger partial charge on any atom is -0.481 e. The van der Waals surface area contributed by atoms with Crippen LogP contribution < -0.4 is 0 Å². The minimum absolute atomic E-state index is 0.0744. The predicted molar refractivity (Wildman–Crippen MR) is 55.1 cm³/mol. The highest BCUT2D eigenvalue weighted by Crippen LogP contribution is 2.11. The molecule has 0 radical (unpaired) electrons. The van der Waals surface area contributed by atoms with Crippen LogP contribution in [0.5, 0.6) is 0 Å². The van der Waals surface area contributed by atoms with E-state index in [0.717, 1.165) is 0 Å². The Morgan fingerprint density at radius 2 is 2.25 bits per heavy atom. The van der Waals surface area contributed by atoms with E-state index >= 15 is 0 Å². The Kier molecular flexibility index (Phi) is 4.04. The summed E-state index contributed by atoms with van der Waals surface area (Å²) < 4.78 is 4.90. The van der Waals surface area contributed by atoms with Crippen LogP contribution in [0, 0.1) is 0 Å². The van der Waals surface area contributed by atoms with E-state index in [1.54, 1.807) is 7.05 Å². The molecule has 0 saturated carbocycles. The van der Waals surface area contributed by atoms with Gasteiger partial charge in [-0.1, -0.05) is 12.1 Å². The summed E-state index contributed by atoms with van der Waals surface area (Å²) in [7, 11) is 1.55. The van der Waals surface area contributed by atoms with E-state index in [1.807, 2.05) is 6.92 Å². The van der Waals surface area contributed by atoms with E-state index in [1.165, 1.54) is 11.1 Å². The predicted octanol–water partition coefficient (Wildman–Crippen LogP) is 0.784. The van der Waals surface area contributed by atoms with Gasteiger partial charge in [-0.25, -0.2) is 0 Å². The van der Waals surface area contributed by atoms with E-state index in [2.05, 4.69) is 5.16 Å². The summed E-state index contributed by atoms with van der Waals surface area (Å²) >= 11 is 0. The number of carbonyl (C=O) groups excluding carboxylic acids is 1. The number of carboxylic acid groups (broad SMARTS) is 1. The molecule has 0 aromatic carbocycles. The van der Waals surface area contributed by atoms with Crippen LogP contribution in [0.15, 0.2) is 10.7 Å². The van der Waals surface area contributed by atoms with Gasteiger partial charge in [0.25, 0.3) is 5.91 Å². The fourth-order valence-corrected chi connectivity index (χ4v) is 1.26. The second-order valence-electron chi connectivity index (χ2n) is 3.39. The van der Waals surface area contributed by atoms with Crippen LogP contribution >= 0.6 is 0 Å². The third-order valence-electron chi connectivity index (χ3n) is 2.20. The summed E-state index contributed by atoms with van der Waals surface area (Å²) in [4.78, 5) is 23.5. The quantitative estimate of drug-likeness (QED) is 0.802. The Labute approximate surface area is 92.8 Å². The van der Waals surface area contributed by atoms with Crippen molar-refractivity contribution in [2.24, 2.45) is 0 Å². The molecule has 0 aliphatic rings. The summed E-state index contributed by atoms with van der Waals surface area (Å²) in [6.07, 6.45) is 1.86. The number of hydrogen-bond acceptors (Lipinski definition) is 4. The first-order valence-corrected chi connectivity index (χ1v) is 4.97. The van der Waals surface area contributed by atoms with Crippen LogP contribution in [-0.2, 0) is 11.2 Å². The molecule has 0 atom stereocenters. The lowest BCUT2D eigenvalue weighted by Gasteiger charge is -2.14. The zero-order valence-electron chi connectivity index (χ0n) is 9.27. The number of aliphatic carboxylic acids is 1. The van der Waals surface area contributed by atoms with E-state index in [9.17, 15) is 9.59 Å². The molecular formula is C10H14N2O4. The summed E-state index contributed by atoms with van der Waals surface area (Å²) in [5, 5.41) is 12.1. The fraction of sp³-hybridized carbons (Fsp3) is 0.500. The summed E-state index contributed by atoms with van der Waals surface area (Å²) in [5.74, 6) is -0.674. The molecule has 1 aromatic rings. The third kappa shape index (κ3) is 2.82. The first-order valence-electron chi connectivity index (χ1n) is 4.97. The Hall–Kier alpha value is -1.85. The molecule has 88 valence electrons. The van der Waals surface area contributed by atoms with Crippen LogP contribution in [0.1, 0.15) is 29.5 Å². The fourth-order valence-electron chi connectivity index (χ4n) is 1.26. The molecule has 0 spiro atoms. The highest BCUT2D eigenvalue weighted by Gasteiger charge is 2.18. The van der Waals surface area contributed by atoms with Gasteiger partial charge in [0.1, 0.15) is 11.3 Å². The molecule has 6 heteroatoms. The third-order valence-corrected chi connectivity index (χ3v) is 2.20. The van der Waals surface area contributed by atoms with Crippen molar-refractivity contribution in [2.75, 3.05) is 13.6 Å². The van der Waals surface area contributed by atoms with Crippen LogP contribution in [-0.4, -0.2) is 40.6 Å². The van der Waals surface area contributed by atoms with E-state index in [4.69, 9.17) is 9.63 Å². The highest BCUT2D eigenvalue weighted by molar-refractivity contribution is 5.94. The van der Waals surface area contributed by atoms with Gasteiger partial charge in [-0.3, -0.25) is 9.59 Å². The summed E-state index contributed by atoms with van der Waals surface area (Å²) in [5.41, 5.74) is 0.399. The normalized spacial score (nSPS) is 10.1. The van der Waals surface area contributed by atoms with Gasteiger partial charge in [0.05, 0.1) is 12.6 Å². The van der Waals surface area contributed by atoms with Gasteiger partial charge in [-0.15, -0.1) is 0 Å². The van der Waals surface area contributed by atoms with Gasteiger partial charge in [0, 0.05) is 20.0 Å². The monoisotopic (exact) mass is 226 g/mol. The van der Waals surface area contributed by atoms with Crippen molar-refractivity contribution >= 4 is 11.9 Å². The van der Waals surface area contributed by atoms with E-state index in [0.29, 0.717) is 17.7 Å². The smallest absolute Gasteiger partial charge is 0.305 e. The number of hydrogen-bond donors (Lipinski definition) is 1. The maximum absolute atomic E-state index is 11.8. The molecule has 1 amide bonds. The zero-order valence-corrected chi connectivity index (χ0v) is 9.27. The molecule has 16 heavy (non-hydrogen) atoms. The number of aromatic nitrogens is 1. The second kappa shape index (κ2) is 5.29. The molecule has 1 rings (SSSR count). The topological polar surface area (TPSA) is 83.6 Å². The molecular weight excluding hydrogens is 212 g/mol. The number of carboxylic acids is 1. The summed E-state index contributed by atoms with van der Waals surface area (Å²) in [6.45, 7) is 2.02. The van der Waals surface area contributed by atoms with Crippen LogP contribution in [0.25, 0.3) is 0 Å². The first-order chi connectivity index (χ1) is 7.56. The molecule has 0 fully saturated rings. The Morgan fingerprint density at radius 3 is 2.81 bits per heavy atom. The van der Waals surface area contributed by atoms with E-state index < -0.39 is 5.97 Å². The largest absolute Gasteiger partial charge is 0.481 e. The molecule has 1 aromatic heterocycles. The van der Waals surface area contributed by atoms with Gasteiger partial charge in [0.2, 0.25) is 0 Å². The van der Waals surface area contributed by atoms with Crippen LogP contribution in [0.2, 0.25) is 0 Å². The molecule has 6 nitrogen and oxygen atoms in total. The van der Waals surface area contributed by atoms with Crippen molar-refractivity contribution in [3.63, 3.8) is 0 Å². The molecule has 1 heterocycles. The van der Waals surface area contributed by atoms with E-state index in [-0.39, 0.29) is 18.9 Å². The first kappa shape index (κ1) is 12.2. The molecule has 0 unspecified atom stereocenters. The standard InChI is InChI=1S/C10H14N2O4/c1-3-8-7(6-11-16-8)10(15)12(2)5-4-9(13)14/h6H,3-5H2,1-2H3,(H,13,14). The second-order valence-corrected chi connectivity index (χ2v) is 3.39. The van der Waals surface area contributed by atoms with Crippen LogP contribution in [0.3, 0.4) is 0 Å². The average Bonchev–Trinajstić information content (AvgIpc) is 2.72. The number of amides is 1. The van der Waals surface area contributed by atoms with Gasteiger partial charge < -0.3 is 14.5 Å². The minimum atomic E-state index is -0.930. The SMILES string of the molecule is CCc1oncc1C(=O)N(C)CCC(=O)O. The Morgan fingerprint density at radius 1 is 1.56 bits per heavy atom. The number of aryl methyl sites for hydroxylation is 1. The van der Waals surface area contributed by atoms with Crippen molar-refractivity contribution in [2.45, 2.75) is 19.8 Å². The van der Waals surface area contributed by atoms with Crippen molar-refractivity contribution in [3.8, 4) is 0 Å². The number of carbonyl (C=O) groups is 2. The van der Waals surface area contributed by atoms with Gasteiger partial charge in [0.15, 0.2) is 0 Å². The highest BCUT2D eigenvalue weighted by atomic mass is 16.5. The molecule has 0 bridgehead atoms. The maximum Gasteiger partial charge on any atom is 0.305 e. The number of nitrogens with zero attached hydrogens (tertiary/aromatic N) is 2. The zero-order chi connectivity index (χ0) is 12.1. The van der Waals surface area contributed by atoms with Crippen molar-refractivity contribution in [1.82, 2.24) is 10.1 Å². The average molecular weight is 226 g/mol. The molecule has 0 saturated heterocycles. The molecule has 1 N–H and O–H groups in total. The van der Waals surface area contributed by atoms with Crippen molar-refractivity contribution in [1.29, 1.82) is 0 Å². The van der Waals surface area contributed by atoms with Crippen LogP contribution in [0.4, 0.5) is 0 Å². The van der Waals surface area contributed by atoms with Gasteiger partial charge in [-0.2, -0.15) is 0 Å². The van der Waals surface area contributed by atoms with Crippen molar-refractivity contribution < 1.29 is 19.2 Å². The molecule has 0 aliphatic carbocycles. The lowest BCUT2D eigenvalue weighted by atomic mass is 10.2. The lowest BCUT2D eigenvalue weighted by Crippen LogP contribution is -2.29.